The van der Waals surface area contributed by atoms with E-state index in [2.05, 4.69) is 26.1 Å². The summed E-state index contributed by atoms with van der Waals surface area (Å²) in [5.74, 6) is 0.623. The Balaban J connectivity index is 2.80. The largest absolute Gasteiger partial charge is 0.382 e. The Labute approximate surface area is 121 Å². The molecule has 1 rings (SSSR count). The summed E-state index contributed by atoms with van der Waals surface area (Å²) in [4.78, 5) is 10.4. The predicted octanol–water partition coefficient (Wildman–Crippen LogP) is 4.44. The molecule has 0 aliphatic heterocycles. The van der Waals surface area contributed by atoms with Crippen molar-refractivity contribution >= 4 is 34.0 Å². The molecule has 0 heterocycles. The highest BCUT2D eigenvalue weighted by Crippen LogP contribution is 2.25. The minimum Gasteiger partial charge on any atom is -0.382 e. The van der Waals surface area contributed by atoms with Crippen molar-refractivity contribution < 1.29 is 4.92 Å². The highest BCUT2D eigenvalue weighted by atomic mass is 127. The quantitative estimate of drug-likeness (QED) is 0.463. The second kappa shape index (κ2) is 6.92. The van der Waals surface area contributed by atoms with E-state index < -0.39 is 0 Å². The average molecular weight is 362 g/mol. The third-order valence-electron chi connectivity index (χ3n) is 3.29. The second-order valence-corrected chi connectivity index (χ2v) is 5.60. The number of nitro benzene ring substituents is 1. The van der Waals surface area contributed by atoms with Gasteiger partial charge in [0.1, 0.15) is 0 Å². The van der Waals surface area contributed by atoms with Crippen molar-refractivity contribution in [3.63, 3.8) is 0 Å². The zero-order valence-corrected chi connectivity index (χ0v) is 13.1. The highest BCUT2D eigenvalue weighted by Gasteiger charge is 2.15. The van der Waals surface area contributed by atoms with Crippen LogP contribution in [0.2, 0.25) is 0 Å². The Kier molecular flexibility index (Phi) is 5.84. The molecule has 1 unspecified atom stereocenters. The van der Waals surface area contributed by atoms with Crippen LogP contribution in [-0.2, 0) is 0 Å². The van der Waals surface area contributed by atoms with Crippen molar-refractivity contribution in [2.75, 3.05) is 5.32 Å². The molecular formula is C13H19IN2O2. The van der Waals surface area contributed by atoms with Crippen LogP contribution in [0, 0.1) is 19.6 Å². The molecule has 18 heavy (non-hydrogen) atoms. The molecule has 0 fully saturated rings. The molecule has 1 N–H and O–H groups in total. The lowest BCUT2D eigenvalue weighted by molar-refractivity contribution is -0.385. The number of nitro groups is 1. The lowest BCUT2D eigenvalue weighted by Gasteiger charge is -2.23. The SMILES string of the molecule is CCC(CC)C(C)Nc1ccc([N+](=O)[O-])c(I)c1. The van der Waals surface area contributed by atoms with Crippen molar-refractivity contribution in [2.24, 2.45) is 5.92 Å². The third kappa shape index (κ3) is 3.83. The monoisotopic (exact) mass is 362 g/mol. The molecule has 0 aromatic heterocycles. The van der Waals surface area contributed by atoms with Crippen molar-refractivity contribution in [3.05, 3.63) is 31.9 Å². The molecule has 0 amide bonds. The smallest absolute Gasteiger partial charge is 0.282 e. The molecule has 4 nitrogen and oxygen atoms in total. The van der Waals surface area contributed by atoms with Crippen molar-refractivity contribution in [1.82, 2.24) is 0 Å². The molecule has 0 saturated heterocycles. The maximum atomic E-state index is 10.7. The van der Waals surface area contributed by atoms with Crippen LogP contribution >= 0.6 is 22.6 Å². The van der Waals surface area contributed by atoms with Crippen molar-refractivity contribution in [3.8, 4) is 0 Å². The summed E-state index contributed by atoms with van der Waals surface area (Å²) in [6, 6.07) is 5.54. The van der Waals surface area contributed by atoms with Gasteiger partial charge in [0.2, 0.25) is 0 Å². The van der Waals surface area contributed by atoms with Gasteiger partial charge in [0.25, 0.3) is 5.69 Å². The predicted molar refractivity (Wildman–Crippen MR) is 83.0 cm³/mol. The molecule has 0 bridgehead atoms. The Hall–Kier alpha value is -0.850. The van der Waals surface area contributed by atoms with E-state index in [9.17, 15) is 10.1 Å². The first-order valence-corrected chi connectivity index (χ1v) is 7.27. The number of hydrogen-bond donors (Lipinski definition) is 1. The molecule has 1 atom stereocenters. The van der Waals surface area contributed by atoms with Gasteiger partial charge in [0.05, 0.1) is 8.49 Å². The highest BCUT2D eigenvalue weighted by molar-refractivity contribution is 14.1. The normalized spacial score (nSPS) is 12.5. The molecule has 100 valence electrons. The van der Waals surface area contributed by atoms with Crippen LogP contribution in [0.3, 0.4) is 0 Å². The maximum Gasteiger partial charge on any atom is 0.282 e. The van der Waals surface area contributed by atoms with Crippen molar-refractivity contribution in [1.29, 1.82) is 0 Å². The fraction of sp³-hybridized carbons (Fsp3) is 0.538. The number of halogens is 1. The van der Waals surface area contributed by atoms with Gasteiger partial charge in [-0.1, -0.05) is 26.7 Å². The lowest BCUT2D eigenvalue weighted by Crippen LogP contribution is -2.25. The van der Waals surface area contributed by atoms with E-state index in [0.29, 0.717) is 15.5 Å². The minimum atomic E-state index is -0.351. The van der Waals surface area contributed by atoms with Gasteiger partial charge in [0, 0.05) is 17.8 Å². The zero-order valence-electron chi connectivity index (χ0n) is 10.9. The number of benzene rings is 1. The standard InChI is InChI=1S/C13H19IN2O2/c1-4-10(5-2)9(3)15-11-6-7-13(16(17)18)12(14)8-11/h6-10,15H,4-5H2,1-3H3. The average Bonchev–Trinajstić information content (AvgIpc) is 2.30. The first-order valence-electron chi connectivity index (χ1n) is 6.20. The van der Waals surface area contributed by atoms with Crippen LogP contribution < -0.4 is 5.32 Å². The summed E-state index contributed by atoms with van der Waals surface area (Å²) in [5.41, 5.74) is 1.11. The van der Waals surface area contributed by atoms with Crippen LogP contribution in [0.25, 0.3) is 0 Å². The van der Waals surface area contributed by atoms with E-state index in [4.69, 9.17) is 0 Å². The van der Waals surface area contributed by atoms with Crippen LogP contribution in [0.15, 0.2) is 18.2 Å². The number of nitrogens with one attached hydrogen (secondary N) is 1. The minimum absolute atomic E-state index is 0.163. The molecule has 0 radical (unpaired) electrons. The van der Waals surface area contributed by atoms with Crippen LogP contribution in [0.1, 0.15) is 33.6 Å². The number of anilines is 1. The number of rotatable bonds is 6. The Bertz CT molecular complexity index is 419. The van der Waals surface area contributed by atoms with Crippen LogP contribution in [-0.4, -0.2) is 11.0 Å². The Morgan fingerprint density at radius 2 is 2.00 bits per heavy atom. The molecular weight excluding hydrogens is 343 g/mol. The van der Waals surface area contributed by atoms with Gasteiger partial charge in [-0.2, -0.15) is 0 Å². The van der Waals surface area contributed by atoms with Gasteiger partial charge < -0.3 is 5.32 Å². The Morgan fingerprint density at radius 3 is 2.44 bits per heavy atom. The summed E-state index contributed by atoms with van der Waals surface area (Å²) >= 11 is 2.00. The van der Waals surface area contributed by atoms with E-state index in [-0.39, 0.29) is 10.6 Å². The van der Waals surface area contributed by atoms with E-state index >= 15 is 0 Å². The molecule has 0 saturated carbocycles. The van der Waals surface area contributed by atoms with Gasteiger partial charge in [-0.15, -0.1) is 0 Å². The second-order valence-electron chi connectivity index (χ2n) is 4.43. The summed E-state index contributed by atoms with van der Waals surface area (Å²) in [7, 11) is 0. The molecule has 5 heteroatoms. The van der Waals surface area contributed by atoms with Gasteiger partial charge in [0.15, 0.2) is 0 Å². The van der Waals surface area contributed by atoms with E-state index in [1.54, 1.807) is 12.1 Å². The molecule has 1 aromatic rings. The summed E-state index contributed by atoms with van der Waals surface area (Å²) in [6.07, 6.45) is 2.27. The number of hydrogen-bond acceptors (Lipinski definition) is 3. The van der Waals surface area contributed by atoms with Gasteiger partial charge in [-0.25, -0.2) is 0 Å². The van der Waals surface area contributed by atoms with Crippen LogP contribution in [0.4, 0.5) is 11.4 Å². The summed E-state index contributed by atoms with van der Waals surface area (Å²) in [5, 5.41) is 14.2. The fourth-order valence-corrected chi connectivity index (χ4v) is 2.83. The van der Waals surface area contributed by atoms with Gasteiger partial charge in [-0.3, -0.25) is 10.1 Å². The zero-order chi connectivity index (χ0) is 13.7. The number of nitrogens with zero attached hydrogens (tertiary/aromatic N) is 1. The van der Waals surface area contributed by atoms with E-state index in [0.717, 1.165) is 18.5 Å². The van der Waals surface area contributed by atoms with Crippen LogP contribution in [0.5, 0.6) is 0 Å². The maximum absolute atomic E-state index is 10.7. The topological polar surface area (TPSA) is 55.2 Å². The molecule has 0 aliphatic carbocycles. The third-order valence-corrected chi connectivity index (χ3v) is 4.16. The summed E-state index contributed by atoms with van der Waals surface area (Å²) in [6.45, 7) is 6.53. The fourth-order valence-electron chi connectivity index (χ4n) is 2.12. The van der Waals surface area contributed by atoms with Crippen molar-refractivity contribution in [2.45, 2.75) is 39.7 Å². The Morgan fingerprint density at radius 1 is 1.39 bits per heavy atom. The first-order chi connectivity index (χ1) is 8.49. The summed E-state index contributed by atoms with van der Waals surface area (Å²) < 4.78 is 0.666. The molecule has 1 aromatic carbocycles. The molecule has 0 aliphatic rings. The molecule has 0 spiro atoms. The van der Waals surface area contributed by atoms with E-state index in [1.807, 2.05) is 28.7 Å². The lowest BCUT2D eigenvalue weighted by atomic mass is 9.95. The van der Waals surface area contributed by atoms with Gasteiger partial charge in [-0.05, 0) is 47.6 Å². The van der Waals surface area contributed by atoms with E-state index in [1.165, 1.54) is 0 Å². The van der Waals surface area contributed by atoms with Gasteiger partial charge >= 0.3 is 0 Å². The first kappa shape index (κ1) is 15.2.